The van der Waals surface area contributed by atoms with Crippen molar-refractivity contribution in [1.82, 2.24) is 4.90 Å². The molecule has 4 nitrogen and oxygen atoms in total. The van der Waals surface area contributed by atoms with Gasteiger partial charge in [0.25, 0.3) is 0 Å². The number of fused-ring (bicyclic) bond motifs is 1. The summed E-state index contributed by atoms with van der Waals surface area (Å²) in [5.41, 5.74) is 2.18. The highest BCUT2D eigenvalue weighted by molar-refractivity contribution is 5.86. The molecule has 0 bridgehead atoms. The van der Waals surface area contributed by atoms with Crippen LogP contribution in [0.25, 0.3) is 0 Å². The Morgan fingerprint density at radius 1 is 1.37 bits per heavy atom. The van der Waals surface area contributed by atoms with E-state index >= 15 is 0 Å². The summed E-state index contributed by atoms with van der Waals surface area (Å²) in [6.07, 6.45) is 2.77. The second-order valence-corrected chi connectivity index (χ2v) is 5.37. The molecule has 1 amide bonds. The fourth-order valence-corrected chi connectivity index (χ4v) is 3.24. The van der Waals surface area contributed by atoms with Gasteiger partial charge < -0.3 is 15.3 Å². The van der Waals surface area contributed by atoms with E-state index in [4.69, 9.17) is 0 Å². The summed E-state index contributed by atoms with van der Waals surface area (Å²) >= 11 is 0. The second kappa shape index (κ2) is 5.21. The molecule has 1 aromatic rings. The molecule has 3 rings (SSSR count). The van der Waals surface area contributed by atoms with Gasteiger partial charge in [0.05, 0.1) is 18.6 Å². The lowest BCUT2D eigenvalue weighted by molar-refractivity contribution is -0.134. The number of nitrogens with one attached hydrogen (secondary N) is 1. The smallest absolute Gasteiger partial charge is 0.230 e. The Kier molecular flexibility index (Phi) is 3.42. The van der Waals surface area contributed by atoms with E-state index in [1.807, 2.05) is 29.2 Å². The molecule has 2 heterocycles. The minimum Gasteiger partial charge on any atom is -0.394 e. The molecule has 102 valence electrons. The molecule has 1 saturated heterocycles. The molecule has 1 unspecified atom stereocenters. The highest BCUT2D eigenvalue weighted by Gasteiger charge is 2.35. The first-order valence-electron chi connectivity index (χ1n) is 7.05. The van der Waals surface area contributed by atoms with Gasteiger partial charge in [-0.05, 0) is 30.9 Å². The quantitative estimate of drug-likeness (QED) is 0.848. The lowest BCUT2D eigenvalue weighted by atomic mass is 9.89. The zero-order chi connectivity index (χ0) is 13.2. The summed E-state index contributed by atoms with van der Waals surface area (Å²) in [5.74, 6) is 0.134. The maximum absolute atomic E-state index is 12.7. The molecule has 1 fully saturated rings. The van der Waals surface area contributed by atoms with Gasteiger partial charge in [0.2, 0.25) is 5.91 Å². The number of para-hydroxylation sites is 1. The molecule has 0 spiro atoms. The predicted molar refractivity (Wildman–Crippen MR) is 74.1 cm³/mol. The first kappa shape index (κ1) is 12.5. The monoisotopic (exact) mass is 260 g/mol. The molecule has 1 aromatic carbocycles. The number of hydrogen-bond donors (Lipinski definition) is 2. The number of rotatable bonds is 2. The van der Waals surface area contributed by atoms with Crippen LogP contribution in [-0.4, -0.2) is 41.7 Å². The molecular formula is C15H20N2O2. The molecule has 4 heteroatoms. The first-order valence-corrected chi connectivity index (χ1v) is 7.05. The summed E-state index contributed by atoms with van der Waals surface area (Å²) in [5, 5.41) is 12.7. The number of nitrogens with zero attached hydrogens (tertiary/aromatic N) is 1. The van der Waals surface area contributed by atoms with Crippen molar-refractivity contribution in [2.24, 2.45) is 0 Å². The Morgan fingerprint density at radius 2 is 2.21 bits per heavy atom. The average molecular weight is 260 g/mol. The topological polar surface area (TPSA) is 52.6 Å². The van der Waals surface area contributed by atoms with Crippen LogP contribution in [0, 0.1) is 0 Å². The highest BCUT2D eigenvalue weighted by Crippen LogP contribution is 2.34. The largest absolute Gasteiger partial charge is 0.394 e. The van der Waals surface area contributed by atoms with Crippen LogP contribution in [0.1, 0.15) is 30.7 Å². The van der Waals surface area contributed by atoms with Crippen molar-refractivity contribution in [2.45, 2.75) is 31.2 Å². The fraction of sp³-hybridized carbons (Fsp3) is 0.533. The van der Waals surface area contributed by atoms with Gasteiger partial charge in [0.1, 0.15) is 0 Å². The van der Waals surface area contributed by atoms with E-state index in [-0.39, 0.29) is 24.5 Å². The van der Waals surface area contributed by atoms with E-state index in [0.29, 0.717) is 0 Å². The van der Waals surface area contributed by atoms with Crippen LogP contribution in [-0.2, 0) is 4.79 Å². The van der Waals surface area contributed by atoms with Crippen LogP contribution >= 0.6 is 0 Å². The van der Waals surface area contributed by atoms with E-state index in [1.165, 1.54) is 0 Å². The van der Waals surface area contributed by atoms with Crippen molar-refractivity contribution in [3.05, 3.63) is 29.8 Å². The van der Waals surface area contributed by atoms with Gasteiger partial charge in [0, 0.05) is 18.8 Å². The second-order valence-electron chi connectivity index (χ2n) is 5.37. The Hall–Kier alpha value is -1.55. The number of likely N-dealkylation sites (tertiary alicyclic amines) is 1. The third-order valence-electron chi connectivity index (χ3n) is 4.25. The number of hydrogen-bond acceptors (Lipinski definition) is 3. The Balaban J connectivity index is 1.85. The molecule has 2 aliphatic heterocycles. The molecule has 0 aromatic heterocycles. The van der Waals surface area contributed by atoms with Crippen LogP contribution in [0.3, 0.4) is 0 Å². The fourth-order valence-electron chi connectivity index (χ4n) is 3.24. The number of anilines is 1. The molecular weight excluding hydrogens is 240 g/mol. The van der Waals surface area contributed by atoms with Gasteiger partial charge in [-0.15, -0.1) is 0 Å². The predicted octanol–water partition coefficient (Wildman–Crippen LogP) is 1.57. The van der Waals surface area contributed by atoms with Gasteiger partial charge in [-0.3, -0.25) is 4.79 Å². The van der Waals surface area contributed by atoms with Gasteiger partial charge in [-0.1, -0.05) is 18.2 Å². The lowest BCUT2D eigenvalue weighted by Crippen LogP contribution is -2.41. The Labute approximate surface area is 113 Å². The van der Waals surface area contributed by atoms with Crippen LogP contribution in [0.2, 0.25) is 0 Å². The van der Waals surface area contributed by atoms with Gasteiger partial charge in [-0.25, -0.2) is 0 Å². The van der Waals surface area contributed by atoms with Crippen LogP contribution in [0.4, 0.5) is 5.69 Å². The zero-order valence-electron chi connectivity index (χ0n) is 11.0. The van der Waals surface area contributed by atoms with Crippen molar-refractivity contribution in [3.8, 4) is 0 Å². The summed E-state index contributed by atoms with van der Waals surface area (Å²) in [4.78, 5) is 14.6. The van der Waals surface area contributed by atoms with Crippen molar-refractivity contribution in [2.75, 3.05) is 25.0 Å². The summed E-state index contributed by atoms with van der Waals surface area (Å²) in [6.45, 7) is 1.71. The zero-order valence-corrected chi connectivity index (χ0v) is 11.0. The van der Waals surface area contributed by atoms with Crippen molar-refractivity contribution < 1.29 is 9.90 Å². The Morgan fingerprint density at radius 3 is 3.05 bits per heavy atom. The standard InChI is InChI=1S/C15H20N2O2/c18-10-11-4-3-9-17(11)15(19)13-7-8-16-14-6-2-1-5-12(13)14/h1-2,5-6,11,13,16,18H,3-4,7-10H2/t11-,13?/m1/s1. The maximum atomic E-state index is 12.7. The number of benzene rings is 1. The lowest BCUT2D eigenvalue weighted by Gasteiger charge is -2.31. The van der Waals surface area contributed by atoms with Crippen LogP contribution in [0.5, 0.6) is 0 Å². The minimum absolute atomic E-state index is 0.0227. The van der Waals surface area contributed by atoms with Crippen LogP contribution in [0.15, 0.2) is 24.3 Å². The molecule has 2 atom stereocenters. The highest BCUT2D eigenvalue weighted by atomic mass is 16.3. The van der Waals surface area contributed by atoms with Crippen molar-refractivity contribution in [3.63, 3.8) is 0 Å². The molecule has 2 aliphatic rings. The summed E-state index contributed by atoms with van der Waals surface area (Å²) in [6, 6.07) is 8.07. The SMILES string of the molecule is O=C(C1CCNc2ccccc21)N1CCC[C@@H]1CO. The third-order valence-corrected chi connectivity index (χ3v) is 4.25. The van der Waals surface area contributed by atoms with E-state index in [0.717, 1.165) is 43.6 Å². The van der Waals surface area contributed by atoms with Gasteiger partial charge in [-0.2, -0.15) is 0 Å². The average Bonchev–Trinajstić information content (AvgIpc) is 2.94. The third kappa shape index (κ3) is 2.21. The number of carbonyl (C=O) groups is 1. The number of amides is 1. The summed E-state index contributed by atoms with van der Waals surface area (Å²) < 4.78 is 0. The number of carbonyl (C=O) groups excluding carboxylic acids is 1. The van der Waals surface area contributed by atoms with E-state index in [1.54, 1.807) is 0 Å². The van der Waals surface area contributed by atoms with E-state index in [2.05, 4.69) is 5.32 Å². The van der Waals surface area contributed by atoms with Crippen molar-refractivity contribution >= 4 is 11.6 Å². The molecule has 0 saturated carbocycles. The van der Waals surface area contributed by atoms with Crippen molar-refractivity contribution in [1.29, 1.82) is 0 Å². The summed E-state index contributed by atoms with van der Waals surface area (Å²) in [7, 11) is 0. The Bertz CT molecular complexity index is 475. The first-order chi connectivity index (χ1) is 9.31. The molecule has 19 heavy (non-hydrogen) atoms. The number of aliphatic hydroxyl groups excluding tert-OH is 1. The van der Waals surface area contributed by atoms with Gasteiger partial charge in [0.15, 0.2) is 0 Å². The van der Waals surface area contributed by atoms with Gasteiger partial charge >= 0.3 is 0 Å². The molecule has 0 radical (unpaired) electrons. The molecule has 2 N–H and O–H groups in total. The van der Waals surface area contributed by atoms with E-state index in [9.17, 15) is 9.90 Å². The number of aliphatic hydroxyl groups is 1. The molecule has 0 aliphatic carbocycles. The normalized spacial score (nSPS) is 25.8. The minimum atomic E-state index is -0.0513. The van der Waals surface area contributed by atoms with E-state index < -0.39 is 0 Å². The van der Waals surface area contributed by atoms with Crippen LogP contribution < -0.4 is 5.32 Å². The maximum Gasteiger partial charge on any atom is 0.230 e.